The van der Waals surface area contributed by atoms with E-state index in [1.165, 1.54) is 6.33 Å². The third-order valence-electron chi connectivity index (χ3n) is 6.19. The number of halogens is 1. The molecule has 1 atom stereocenters. The molecule has 1 saturated heterocycles. The van der Waals surface area contributed by atoms with Gasteiger partial charge in [-0.1, -0.05) is 23.7 Å². The molecule has 2 N–H and O–H groups in total. The summed E-state index contributed by atoms with van der Waals surface area (Å²) in [6, 6.07) is 8.98. The van der Waals surface area contributed by atoms with Gasteiger partial charge in [-0.15, -0.1) is 0 Å². The predicted octanol–water partition coefficient (Wildman–Crippen LogP) is 2.69. The van der Waals surface area contributed by atoms with Crippen molar-refractivity contribution in [3.05, 3.63) is 54.1 Å². The van der Waals surface area contributed by atoms with Gasteiger partial charge in [0.2, 0.25) is 5.91 Å². The number of ether oxygens (including phenoxy) is 1. The van der Waals surface area contributed by atoms with E-state index >= 15 is 0 Å². The molecule has 1 aromatic carbocycles. The number of primary amides is 1. The monoisotopic (exact) mass is 476 g/mol. The van der Waals surface area contributed by atoms with Gasteiger partial charge in [-0.05, 0) is 25.0 Å². The number of nitrogens with zero attached hydrogens (tertiary/aromatic N) is 7. The van der Waals surface area contributed by atoms with E-state index in [0.29, 0.717) is 41.3 Å². The van der Waals surface area contributed by atoms with Crippen LogP contribution in [0.4, 0.5) is 5.82 Å². The Morgan fingerprint density at radius 2 is 2.06 bits per heavy atom. The van der Waals surface area contributed by atoms with Crippen LogP contribution in [0.3, 0.4) is 0 Å². The van der Waals surface area contributed by atoms with Crippen molar-refractivity contribution >= 4 is 23.3 Å². The minimum Gasteiger partial charge on any atom is -0.491 e. The van der Waals surface area contributed by atoms with Crippen LogP contribution in [0.1, 0.15) is 12.8 Å². The lowest BCUT2D eigenvalue weighted by Gasteiger charge is -2.23. The van der Waals surface area contributed by atoms with Gasteiger partial charge in [-0.3, -0.25) is 4.79 Å². The van der Waals surface area contributed by atoms with Crippen molar-refractivity contribution in [2.75, 3.05) is 18.1 Å². The highest BCUT2D eigenvalue weighted by molar-refractivity contribution is 6.32. The van der Waals surface area contributed by atoms with E-state index in [4.69, 9.17) is 27.1 Å². The first kappa shape index (κ1) is 20.7. The number of fused-ring (bicyclic) bond motifs is 3. The maximum Gasteiger partial charge on any atom is 0.240 e. The molecule has 10 nitrogen and oxygen atoms in total. The van der Waals surface area contributed by atoms with Gasteiger partial charge in [0.15, 0.2) is 5.82 Å². The van der Waals surface area contributed by atoms with E-state index < -0.39 is 0 Å². The van der Waals surface area contributed by atoms with Gasteiger partial charge >= 0.3 is 0 Å². The van der Waals surface area contributed by atoms with Crippen molar-refractivity contribution in [1.82, 2.24) is 29.3 Å². The quantitative estimate of drug-likeness (QED) is 0.481. The second-order valence-corrected chi connectivity index (χ2v) is 8.64. The molecule has 0 aliphatic carbocycles. The first-order valence-corrected chi connectivity index (χ1v) is 11.4. The molecule has 2 aliphatic rings. The van der Waals surface area contributed by atoms with Crippen molar-refractivity contribution in [2.24, 2.45) is 5.73 Å². The first-order valence-electron chi connectivity index (χ1n) is 11.0. The van der Waals surface area contributed by atoms with Gasteiger partial charge in [-0.25, -0.2) is 19.6 Å². The summed E-state index contributed by atoms with van der Waals surface area (Å²) in [6.45, 7) is 1.81. The van der Waals surface area contributed by atoms with Crippen LogP contribution in [-0.4, -0.2) is 54.4 Å². The Labute approximate surface area is 200 Å². The van der Waals surface area contributed by atoms with Gasteiger partial charge in [0.05, 0.1) is 22.8 Å². The Kier molecular flexibility index (Phi) is 4.95. The average Bonchev–Trinajstić information content (AvgIpc) is 3.57. The highest BCUT2D eigenvalue weighted by Gasteiger charge is 2.31. The van der Waals surface area contributed by atoms with Gasteiger partial charge in [-0.2, -0.15) is 5.10 Å². The number of hydrogen-bond donors (Lipinski definition) is 1. The summed E-state index contributed by atoms with van der Waals surface area (Å²) in [6.07, 6.45) is 6.79. The Hall–Kier alpha value is -3.92. The molecule has 0 bridgehead atoms. The van der Waals surface area contributed by atoms with Crippen LogP contribution < -0.4 is 15.4 Å². The summed E-state index contributed by atoms with van der Waals surface area (Å²) in [5.41, 5.74) is 7.75. The molecular weight excluding hydrogens is 456 g/mol. The van der Waals surface area contributed by atoms with Crippen LogP contribution in [0.2, 0.25) is 5.02 Å². The third kappa shape index (κ3) is 3.38. The zero-order valence-electron chi connectivity index (χ0n) is 18.1. The smallest absolute Gasteiger partial charge is 0.240 e. The van der Waals surface area contributed by atoms with Crippen molar-refractivity contribution in [1.29, 1.82) is 0 Å². The number of carbonyl (C=O) groups excluding carboxylic acids is 1. The topological polar surface area (TPSA) is 117 Å². The van der Waals surface area contributed by atoms with Crippen LogP contribution in [0, 0.1) is 0 Å². The summed E-state index contributed by atoms with van der Waals surface area (Å²) in [7, 11) is 0. The molecule has 11 heteroatoms. The third-order valence-corrected chi connectivity index (χ3v) is 6.51. The number of rotatable bonds is 4. The molecule has 5 heterocycles. The molecule has 0 spiro atoms. The van der Waals surface area contributed by atoms with Crippen molar-refractivity contribution < 1.29 is 9.53 Å². The summed E-state index contributed by atoms with van der Waals surface area (Å²) in [4.78, 5) is 27.7. The molecule has 6 rings (SSSR count). The number of anilines is 1. The minimum absolute atomic E-state index is 0.335. The predicted molar refractivity (Wildman–Crippen MR) is 126 cm³/mol. The van der Waals surface area contributed by atoms with E-state index in [1.54, 1.807) is 10.9 Å². The van der Waals surface area contributed by atoms with Gasteiger partial charge in [0.1, 0.15) is 42.1 Å². The van der Waals surface area contributed by atoms with Gasteiger partial charge < -0.3 is 19.9 Å². The highest BCUT2D eigenvalue weighted by Crippen LogP contribution is 2.37. The summed E-state index contributed by atoms with van der Waals surface area (Å²) in [5.74, 6) is 2.32. The van der Waals surface area contributed by atoms with E-state index in [2.05, 4.69) is 15.1 Å². The SMILES string of the molecule is NC(=O)[C@@H]1CCCN1c1cc2c(cn1)-c1nc(-c3ncnn3-c3ccccc3Cl)cn1CCO2. The lowest BCUT2D eigenvalue weighted by molar-refractivity contribution is -0.119. The van der Waals surface area contributed by atoms with E-state index in [9.17, 15) is 4.79 Å². The maximum absolute atomic E-state index is 11.8. The Morgan fingerprint density at radius 1 is 1.18 bits per heavy atom. The summed E-state index contributed by atoms with van der Waals surface area (Å²) in [5, 5.41) is 4.93. The number of carbonyl (C=O) groups is 1. The summed E-state index contributed by atoms with van der Waals surface area (Å²) >= 11 is 6.39. The van der Waals surface area contributed by atoms with Crippen molar-refractivity contribution in [3.63, 3.8) is 0 Å². The average molecular weight is 477 g/mol. The van der Waals surface area contributed by atoms with E-state index in [0.717, 1.165) is 36.5 Å². The number of hydrogen-bond acceptors (Lipinski definition) is 7. The Bertz CT molecular complexity index is 1400. The number of nitrogens with two attached hydrogens (primary N) is 1. The molecule has 0 radical (unpaired) electrons. The molecule has 1 fully saturated rings. The van der Waals surface area contributed by atoms with E-state index in [-0.39, 0.29) is 11.9 Å². The zero-order valence-corrected chi connectivity index (χ0v) is 18.9. The normalized spacial score (nSPS) is 17.1. The molecule has 34 heavy (non-hydrogen) atoms. The molecule has 2 aliphatic heterocycles. The molecule has 0 saturated carbocycles. The fraction of sp³-hybridized carbons (Fsp3) is 0.261. The maximum atomic E-state index is 11.8. The van der Waals surface area contributed by atoms with Gasteiger partial charge in [0.25, 0.3) is 0 Å². The first-order chi connectivity index (χ1) is 16.6. The number of imidazole rings is 1. The second kappa shape index (κ2) is 8.14. The van der Waals surface area contributed by atoms with Crippen LogP contribution in [0.5, 0.6) is 5.75 Å². The van der Waals surface area contributed by atoms with Gasteiger partial charge in [0, 0.05) is 25.0 Å². The Balaban J connectivity index is 1.39. The van der Waals surface area contributed by atoms with Crippen LogP contribution >= 0.6 is 11.6 Å². The number of benzene rings is 1. The molecule has 172 valence electrons. The van der Waals surface area contributed by atoms with E-state index in [1.807, 2.05) is 46.0 Å². The largest absolute Gasteiger partial charge is 0.491 e. The Morgan fingerprint density at radius 3 is 2.91 bits per heavy atom. The summed E-state index contributed by atoms with van der Waals surface area (Å²) < 4.78 is 9.74. The number of amides is 1. The zero-order chi connectivity index (χ0) is 23.2. The van der Waals surface area contributed by atoms with Crippen molar-refractivity contribution in [3.8, 4) is 34.3 Å². The van der Waals surface area contributed by atoms with Crippen molar-refractivity contribution in [2.45, 2.75) is 25.4 Å². The molecular formula is C23H21ClN8O2. The molecule has 4 aromatic rings. The lowest BCUT2D eigenvalue weighted by Crippen LogP contribution is -2.40. The molecule has 0 unspecified atom stereocenters. The second-order valence-electron chi connectivity index (χ2n) is 8.23. The standard InChI is InChI=1S/C23H21ClN8O2/c24-15-4-1-2-5-17(15)32-23(27-13-28-32)16-12-30-8-9-34-19-10-20(26-11-14(19)22(30)29-16)31-7-3-6-18(31)21(25)33/h1-2,4-5,10-13,18H,3,6-9H2,(H2,25,33)/t18-/m0/s1. The van der Waals surface area contributed by atoms with Crippen LogP contribution in [0.25, 0.3) is 28.6 Å². The molecule has 1 amide bonds. The highest BCUT2D eigenvalue weighted by atomic mass is 35.5. The lowest BCUT2D eigenvalue weighted by atomic mass is 10.2. The van der Waals surface area contributed by atoms with Crippen LogP contribution in [0.15, 0.2) is 49.1 Å². The number of para-hydroxylation sites is 1. The van der Waals surface area contributed by atoms with Crippen LogP contribution in [-0.2, 0) is 11.3 Å². The fourth-order valence-electron chi connectivity index (χ4n) is 4.59. The fourth-order valence-corrected chi connectivity index (χ4v) is 4.80. The number of pyridine rings is 1. The minimum atomic E-state index is -0.346. The number of aromatic nitrogens is 6. The molecule has 3 aromatic heterocycles.